The zero-order valence-corrected chi connectivity index (χ0v) is 8.80. The van der Waals surface area contributed by atoms with Crippen LogP contribution < -0.4 is 5.73 Å². The van der Waals surface area contributed by atoms with Gasteiger partial charge in [0.15, 0.2) is 0 Å². The van der Waals surface area contributed by atoms with Crippen molar-refractivity contribution in [3.05, 3.63) is 0 Å². The highest BCUT2D eigenvalue weighted by Gasteiger charge is 2.55. The van der Waals surface area contributed by atoms with Crippen LogP contribution in [0, 0.1) is 17.3 Å². The van der Waals surface area contributed by atoms with Crippen molar-refractivity contribution in [3.8, 4) is 0 Å². The highest BCUT2D eigenvalue weighted by Crippen LogP contribution is 2.59. The van der Waals surface area contributed by atoms with Crippen molar-refractivity contribution in [2.45, 2.75) is 20.3 Å². The van der Waals surface area contributed by atoms with E-state index in [0.29, 0.717) is 5.41 Å². The third kappa shape index (κ3) is 1.80. The summed E-state index contributed by atoms with van der Waals surface area (Å²) in [4.78, 5) is 2.25. The van der Waals surface area contributed by atoms with E-state index in [1.54, 1.807) is 0 Å². The lowest BCUT2D eigenvalue weighted by Crippen LogP contribution is -2.14. The van der Waals surface area contributed by atoms with E-state index in [9.17, 15) is 0 Å². The Kier molecular flexibility index (Phi) is 2.79. The molecule has 1 aliphatic carbocycles. The largest absolute Gasteiger partial charge is 0.330 e. The molecule has 1 rings (SSSR count). The lowest BCUT2D eigenvalue weighted by atomic mass is 10.1. The van der Waals surface area contributed by atoms with Crippen molar-refractivity contribution in [1.82, 2.24) is 4.90 Å². The highest BCUT2D eigenvalue weighted by atomic mass is 15.0. The summed E-state index contributed by atoms with van der Waals surface area (Å²) in [6.07, 6.45) is 1.31. The van der Waals surface area contributed by atoms with Crippen LogP contribution in [0.15, 0.2) is 0 Å². The van der Waals surface area contributed by atoms with E-state index in [-0.39, 0.29) is 0 Å². The minimum atomic E-state index is 0.519. The smallest absolute Gasteiger partial charge is 0.00219 e. The molecule has 0 heterocycles. The van der Waals surface area contributed by atoms with Crippen LogP contribution in [0.2, 0.25) is 0 Å². The Hall–Kier alpha value is -0.0800. The lowest BCUT2D eigenvalue weighted by Gasteiger charge is -2.09. The van der Waals surface area contributed by atoms with Crippen molar-refractivity contribution in [1.29, 1.82) is 0 Å². The maximum absolute atomic E-state index is 5.69. The molecule has 0 aromatic carbocycles. The zero-order chi connectivity index (χ0) is 9.35. The highest BCUT2D eigenvalue weighted by molar-refractivity contribution is 5.05. The Bertz CT molecular complexity index is 152. The van der Waals surface area contributed by atoms with Gasteiger partial charge < -0.3 is 10.6 Å². The van der Waals surface area contributed by atoms with Crippen LogP contribution >= 0.6 is 0 Å². The minimum absolute atomic E-state index is 0.519. The standard InChI is InChI=1S/C10H22N2/c1-10(2)8(9(10)7-11)5-6-12(3)4/h8-9H,5-7,11H2,1-4H3. The zero-order valence-electron chi connectivity index (χ0n) is 8.80. The van der Waals surface area contributed by atoms with Crippen LogP contribution in [0.1, 0.15) is 20.3 Å². The summed E-state index contributed by atoms with van der Waals surface area (Å²) in [5.74, 6) is 1.64. The topological polar surface area (TPSA) is 29.3 Å². The van der Waals surface area contributed by atoms with Gasteiger partial charge >= 0.3 is 0 Å². The summed E-state index contributed by atoms with van der Waals surface area (Å²) >= 11 is 0. The molecule has 0 aromatic rings. The van der Waals surface area contributed by atoms with E-state index in [1.165, 1.54) is 13.0 Å². The molecule has 0 aromatic heterocycles. The number of nitrogens with zero attached hydrogens (tertiary/aromatic N) is 1. The Morgan fingerprint density at radius 3 is 2.17 bits per heavy atom. The molecule has 2 nitrogen and oxygen atoms in total. The van der Waals surface area contributed by atoms with E-state index >= 15 is 0 Å². The molecule has 0 spiro atoms. The van der Waals surface area contributed by atoms with Crippen LogP contribution in [0.25, 0.3) is 0 Å². The normalized spacial score (nSPS) is 32.5. The SMILES string of the molecule is CN(C)CCC1C(CN)C1(C)C. The fourth-order valence-corrected chi connectivity index (χ4v) is 2.30. The number of hydrogen-bond acceptors (Lipinski definition) is 2. The van der Waals surface area contributed by atoms with Gasteiger partial charge in [0.05, 0.1) is 0 Å². The van der Waals surface area contributed by atoms with Gasteiger partial charge in [-0.15, -0.1) is 0 Å². The van der Waals surface area contributed by atoms with Gasteiger partial charge in [-0.3, -0.25) is 0 Å². The molecule has 0 saturated heterocycles. The average molecular weight is 170 g/mol. The average Bonchev–Trinajstić information content (AvgIpc) is 2.48. The van der Waals surface area contributed by atoms with Gasteiger partial charge in [0, 0.05) is 0 Å². The van der Waals surface area contributed by atoms with Crippen LogP contribution in [-0.4, -0.2) is 32.1 Å². The molecule has 12 heavy (non-hydrogen) atoms. The first kappa shape index (κ1) is 10.0. The first-order chi connectivity index (χ1) is 5.50. The second kappa shape index (κ2) is 3.35. The molecule has 0 bridgehead atoms. The van der Waals surface area contributed by atoms with Gasteiger partial charge in [-0.2, -0.15) is 0 Å². The maximum Gasteiger partial charge on any atom is -0.00219 e. The van der Waals surface area contributed by atoms with E-state index in [2.05, 4.69) is 32.8 Å². The van der Waals surface area contributed by atoms with Crippen LogP contribution in [0.3, 0.4) is 0 Å². The summed E-state index contributed by atoms with van der Waals surface area (Å²) < 4.78 is 0. The summed E-state index contributed by atoms with van der Waals surface area (Å²) in [5.41, 5.74) is 6.21. The summed E-state index contributed by atoms with van der Waals surface area (Å²) in [7, 11) is 4.26. The van der Waals surface area contributed by atoms with Crippen LogP contribution in [0.4, 0.5) is 0 Å². The summed E-state index contributed by atoms with van der Waals surface area (Å²) in [6, 6.07) is 0. The van der Waals surface area contributed by atoms with Crippen LogP contribution in [0.5, 0.6) is 0 Å². The molecule has 72 valence electrons. The van der Waals surface area contributed by atoms with Crippen LogP contribution in [-0.2, 0) is 0 Å². The molecule has 0 radical (unpaired) electrons. The Balaban J connectivity index is 2.28. The molecule has 0 amide bonds. The summed E-state index contributed by atoms with van der Waals surface area (Å²) in [6.45, 7) is 6.74. The molecular weight excluding hydrogens is 148 g/mol. The number of hydrogen-bond donors (Lipinski definition) is 1. The van der Waals surface area contributed by atoms with Gasteiger partial charge in [0.2, 0.25) is 0 Å². The first-order valence-electron chi connectivity index (χ1n) is 4.85. The maximum atomic E-state index is 5.69. The summed E-state index contributed by atoms with van der Waals surface area (Å²) in [5, 5.41) is 0. The number of rotatable bonds is 4. The lowest BCUT2D eigenvalue weighted by molar-refractivity contribution is 0.372. The van der Waals surface area contributed by atoms with Crippen molar-refractivity contribution in [3.63, 3.8) is 0 Å². The third-order valence-corrected chi connectivity index (χ3v) is 3.43. The number of nitrogens with two attached hydrogens (primary N) is 1. The Morgan fingerprint density at radius 2 is 1.83 bits per heavy atom. The van der Waals surface area contributed by atoms with Gasteiger partial charge in [-0.1, -0.05) is 13.8 Å². The molecular formula is C10H22N2. The monoisotopic (exact) mass is 170 g/mol. The Morgan fingerprint density at radius 1 is 1.25 bits per heavy atom. The van der Waals surface area contributed by atoms with Gasteiger partial charge in [-0.05, 0) is 50.9 Å². The van der Waals surface area contributed by atoms with Crippen molar-refractivity contribution in [2.24, 2.45) is 23.0 Å². The van der Waals surface area contributed by atoms with E-state index in [0.717, 1.165) is 18.4 Å². The molecule has 1 saturated carbocycles. The van der Waals surface area contributed by atoms with E-state index in [4.69, 9.17) is 5.73 Å². The van der Waals surface area contributed by atoms with E-state index < -0.39 is 0 Å². The van der Waals surface area contributed by atoms with E-state index in [1.807, 2.05) is 0 Å². The fourth-order valence-electron chi connectivity index (χ4n) is 2.30. The predicted octanol–water partition coefficient (Wildman–Crippen LogP) is 1.17. The van der Waals surface area contributed by atoms with Gasteiger partial charge in [-0.25, -0.2) is 0 Å². The van der Waals surface area contributed by atoms with Gasteiger partial charge in [0.25, 0.3) is 0 Å². The van der Waals surface area contributed by atoms with Crippen molar-refractivity contribution < 1.29 is 0 Å². The van der Waals surface area contributed by atoms with Crippen molar-refractivity contribution in [2.75, 3.05) is 27.2 Å². The second-order valence-electron chi connectivity index (χ2n) is 4.86. The molecule has 0 aliphatic heterocycles. The van der Waals surface area contributed by atoms with Gasteiger partial charge in [0.1, 0.15) is 0 Å². The molecule has 1 aliphatic rings. The molecule has 2 atom stereocenters. The second-order valence-corrected chi connectivity index (χ2v) is 4.86. The minimum Gasteiger partial charge on any atom is -0.330 e. The molecule has 1 fully saturated rings. The molecule has 2 unspecified atom stereocenters. The quantitative estimate of drug-likeness (QED) is 0.686. The Labute approximate surface area is 76.1 Å². The predicted molar refractivity (Wildman–Crippen MR) is 53.0 cm³/mol. The molecule has 2 heteroatoms. The molecule has 2 N–H and O–H groups in total. The first-order valence-corrected chi connectivity index (χ1v) is 4.85. The fraction of sp³-hybridized carbons (Fsp3) is 1.00. The van der Waals surface area contributed by atoms with Crippen molar-refractivity contribution >= 4 is 0 Å². The third-order valence-electron chi connectivity index (χ3n) is 3.43.